The van der Waals surface area contributed by atoms with Crippen molar-refractivity contribution in [2.24, 2.45) is 0 Å². The Morgan fingerprint density at radius 2 is 2.14 bits per heavy atom. The van der Waals surface area contributed by atoms with Crippen LogP contribution in [-0.4, -0.2) is 30.6 Å². The van der Waals surface area contributed by atoms with Gasteiger partial charge in [-0.2, -0.15) is 0 Å². The number of nitrogens with zero attached hydrogens (tertiary/aromatic N) is 1. The normalized spacial score (nSPS) is 16.9. The van der Waals surface area contributed by atoms with Crippen LogP contribution in [0.4, 0.5) is 5.69 Å². The lowest BCUT2D eigenvalue weighted by Gasteiger charge is -2.33. The van der Waals surface area contributed by atoms with Gasteiger partial charge in [-0.1, -0.05) is 25.1 Å². The van der Waals surface area contributed by atoms with Gasteiger partial charge < -0.3 is 15.5 Å². The van der Waals surface area contributed by atoms with E-state index in [1.165, 1.54) is 11.3 Å². The van der Waals surface area contributed by atoms with Crippen molar-refractivity contribution in [3.63, 3.8) is 0 Å². The number of para-hydroxylation sites is 1. The van der Waals surface area contributed by atoms with Crippen LogP contribution in [-0.2, 0) is 11.3 Å². The van der Waals surface area contributed by atoms with Crippen LogP contribution in [0.5, 0.6) is 0 Å². The molecular formula is C17H27N3O. The first-order valence-electron chi connectivity index (χ1n) is 7.82. The maximum atomic E-state index is 12.6. The summed E-state index contributed by atoms with van der Waals surface area (Å²) in [7, 11) is 0. The standard InChI is InChI=1S/C17H27N3O/c1-5-17(3,4)19-16(21)13(2)20-11-10-18-12-14-8-6-7-9-15(14)20/h6-9,13,18H,5,10-12H2,1-4H3,(H,19,21). The smallest absolute Gasteiger partial charge is 0.242 e. The largest absolute Gasteiger partial charge is 0.358 e. The Morgan fingerprint density at radius 3 is 2.86 bits per heavy atom. The fourth-order valence-electron chi connectivity index (χ4n) is 2.55. The second kappa shape index (κ2) is 6.48. The van der Waals surface area contributed by atoms with Crippen LogP contribution in [0, 0.1) is 0 Å². The number of hydrogen-bond acceptors (Lipinski definition) is 3. The van der Waals surface area contributed by atoms with Gasteiger partial charge in [0.2, 0.25) is 5.91 Å². The van der Waals surface area contributed by atoms with Crippen molar-refractivity contribution >= 4 is 11.6 Å². The first kappa shape index (κ1) is 15.8. The molecular weight excluding hydrogens is 262 g/mol. The molecule has 0 spiro atoms. The summed E-state index contributed by atoms with van der Waals surface area (Å²) in [4.78, 5) is 14.8. The van der Waals surface area contributed by atoms with E-state index in [9.17, 15) is 4.79 Å². The maximum absolute atomic E-state index is 12.6. The molecule has 4 heteroatoms. The minimum atomic E-state index is -0.170. The fraction of sp³-hybridized carbons (Fsp3) is 0.588. The Hall–Kier alpha value is -1.55. The molecule has 1 atom stereocenters. The summed E-state index contributed by atoms with van der Waals surface area (Å²) in [6, 6.07) is 8.15. The Balaban J connectivity index is 2.18. The Labute approximate surface area is 127 Å². The number of nitrogens with one attached hydrogen (secondary N) is 2. The van der Waals surface area contributed by atoms with E-state index in [2.05, 4.69) is 54.5 Å². The lowest BCUT2D eigenvalue weighted by atomic mass is 10.0. The number of hydrogen-bond donors (Lipinski definition) is 2. The van der Waals surface area contributed by atoms with E-state index < -0.39 is 0 Å². The second-order valence-electron chi connectivity index (χ2n) is 6.40. The molecule has 1 aromatic rings. The molecule has 1 aliphatic heterocycles. The second-order valence-corrected chi connectivity index (χ2v) is 6.40. The van der Waals surface area contributed by atoms with E-state index in [1.807, 2.05) is 13.0 Å². The van der Waals surface area contributed by atoms with E-state index in [0.29, 0.717) is 0 Å². The summed E-state index contributed by atoms with van der Waals surface area (Å²) >= 11 is 0. The number of fused-ring (bicyclic) bond motifs is 1. The Bertz CT molecular complexity index is 499. The van der Waals surface area contributed by atoms with E-state index in [0.717, 1.165) is 26.1 Å². The lowest BCUT2D eigenvalue weighted by molar-refractivity contribution is -0.123. The molecule has 0 saturated carbocycles. The molecule has 116 valence electrons. The predicted octanol–water partition coefficient (Wildman–Crippen LogP) is 2.29. The van der Waals surface area contributed by atoms with E-state index in [4.69, 9.17) is 0 Å². The monoisotopic (exact) mass is 289 g/mol. The number of carbonyl (C=O) groups excluding carboxylic acids is 1. The number of carbonyl (C=O) groups is 1. The van der Waals surface area contributed by atoms with Gasteiger partial charge in [0.25, 0.3) is 0 Å². The van der Waals surface area contributed by atoms with Crippen molar-refractivity contribution in [2.75, 3.05) is 18.0 Å². The zero-order valence-corrected chi connectivity index (χ0v) is 13.6. The summed E-state index contributed by atoms with van der Waals surface area (Å²) in [6.07, 6.45) is 0.920. The fourth-order valence-corrected chi connectivity index (χ4v) is 2.55. The lowest BCUT2D eigenvalue weighted by Crippen LogP contribution is -2.52. The average molecular weight is 289 g/mol. The van der Waals surface area contributed by atoms with E-state index in [-0.39, 0.29) is 17.5 Å². The predicted molar refractivity (Wildman–Crippen MR) is 87.5 cm³/mol. The third-order valence-corrected chi connectivity index (χ3v) is 4.34. The van der Waals surface area contributed by atoms with Gasteiger partial charge in [0.15, 0.2) is 0 Å². The first-order chi connectivity index (χ1) is 9.94. The van der Waals surface area contributed by atoms with Crippen molar-refractivity contribution in [2.45, 2.75) is 52.2 Å². The topological polar surface area (TPSA) is 44.4 Å². The minimum absolute atomic E-state index is 0.0959. The van der Waals surface area contributed by atoms with Crippen LogP contribution in [0.25, 0.3) is 0 Å². The summed E-state index contributed by atoms with van der Waals surface area (Å²) in [5.41, 5.74) is 2.26. The zero-order chi connectivity index (χ0) is 15.5. The van der Waals surface area contributed by atoms with E-state index >= 15 is 0 Å². The molecule has 2 rings (SSSR count). The molecule has 1 amide bonds. The molecule has 1 heterocycles. The molecule has 0 aromatic heterocycles. The zero-order valence-electron chi connectivity index (χ0n) is 13.6. The van der Waals surface area contributed by atoms with Gasteiger partial charge in [-0.3, -0.25) is 4.79 Å². The van der Waals surface area contributed by atoms with Gasteiger partial charge >= 0.3 is 0 Å². The Morgan fingerprint density at radius 1 is 1.43 bits per heavy atom. The highest BCUT2D eigenvalue weighted by atomic mass is 16.2. The number of benzene rings is 1. The summed E-state index contributed by atoms with van der Waals surface area (Å²) < 4.78 is 0. The third-order valence-electron chi connectivity index (χ3n) is 4.34. The molecule has 0 fully saturated rings. The molecule has 2 N–H and O–H groups in total. The van der Waals surface area contributed by atoms with Gasteiger partial charge in [0.05, 0.1) is 0 Å². The van der Waals surface area contributed by atoms with Gasteiger partial charge in [-0.25, -0.2) is 0 Å². The highest BCUT2D eigenvalue weighted by Crippen LogP contribution is 2.24. The molecule has 0 aliphatic carbocycles. The van der Waals surface area contributed by atoms with Crippen molar-refractivity contribution in [1.82, 2.24) is 10.6 Å². The van der Waals surface area contributed by atoms with Gasteiger partial charge in [0.1, 0.15) is 6.04 Å². The Kier molecular flexibility index (Phi) is 4.88. The van der Waals surface area contributed by atoms with Crippen LogP contribution < -0.4 is 15.5 Å². The summed E-state index contributed by atoms with van der Waals surface area (Å²) in [5, 5.41) is 6.57. The van der Waals surface area contributed by atoms with Crippen LogP contribution in [0.1, 0.15) is 39.7 Å². The van der Waals surface area contributed by atoms with Crippen molar-refractivity contribution in [1.29, 1.82) is 0 Å². The number of anilines is 1. The van der Waals surface area contributed by atoms with Crippen molar-refractivity contribution < 1.29 is 4.79 Å². The third kappa shape index (κ3) is 3.76. The molecule has 21 heavy (non-hydrogen) atoms. The van der Waals surface area contributed by atoms with E-state index in [1.54, 1.807) is 0 Å². The van der Waals surface area contributed by atoms with Crippen molar-refractivity contribution in [3.05, 3.63) is 29.8 Å². The van der Waals surface area contributed by atoms with Crippen LogP contribution in [0.15, 0.2) is 24.3 Å². The average Bonchev–Trinajstić information content (AvgIpc) is 2.68. The van der Waals surface area contributed by atoms with Gasteiger partial charge in [-0.05, 0) is 38.8 Å². The first-order valence-corrected chi connectivity index (χ1v) is 7.82. The van der Waals surface area contributed by atoms with Crippen molar-refractivity contribution in [3.8, 4) is 0 Å². The quantitative estimate of drug-likeness (QED) is 0.894. The highest BCUT2D eigenvalue weighted by molar-refractivity contribution is 5.85. The van der Waals surface area contributed by atoms with Crippen LogP contribution in [0.3, 0.4) is 0 Å². The summed E-state index contributed by atoms with van der Waals surface area (Å²) in [5.74, 6) is 0.0959. The van der Waals surface area contributed by atoms with Gasteiger partial charge in [0, 0.05) is 30.9 Å². The molecule has 1 aliphatic rings. The maximum Gasteiger partial charge on any atom is 0.242 e. The SMILES string of the molecule is CCC(C)(C)NC(=O)C(C)N1CCNCc2ccccc21. The van der Waals surface area contributed by atoms with Crippen LogP contribution >= 0.6 is 0 Å². The molecule has 0 radical (unpaired) electrons. The number of amides is 1. The molecule has 4 nitrogen and oxygen atoms in total. The number of rotatable bonds is 4. The molecule has 1 aromatic carbocycles. The minimum Gasteiger partial charge on any atom is -0.358 e. The highest BCUT2D eigenvalue weighted by Gasteiger charge is 2.27. The molecule has 0 saturated heterocycles. The summed E-state index contributed by atoms with van der Waals surface area (Å²) in [6.45, 7) is 10.8. The molecule has 1 unspecified atom stereocenters. The molecule has 0 bridgehead atoms. The van der Waals surface area contributed by atoms with Gasteiger partial charge in [-0.15, -0.1) is 0 Å². The van der Waals surface area contributed by atoms with Crippen LogP contribution in [0.2, 0.25) is 0 Å².